The Bertz CT molecular complexity index is 1250. The van der Waals surface area contributed by atoms with Gasteiger partial charge in [-0.05, 0) is 54.1 Å². The van der Waals surface area contributed by atoms with Gasteiger partial charge in [-0.25, -0.2) is 9.67 Å². The first-order valence-corrected chi connectivity index (χ1v) is 10.8. The van der Waals surface area contributed by atoms with Crippen molar-refractivity contribution in [1.82, 2.24) is 25.3 Å². The number of methoxy groups -OCH3 is 2. The molecule has 0 unspecified atom stereocenters. The number of hydrogen-bond acceptors (Lipinski definition) is 7. The minimum atomic E-state index is -0.281. The van der Waals surface area contributed by atoms with Crippen molar-refractivity contribution in [3.63, 3.8) is 0 Å². The quantitative estimate of drug-likeness (QED) is 0.374. The van der Waals surface area contributed by atoms with Crippen molar-refractivity contribution in [1.29, 1.82) is 0 Å². The van der Waals surface area contributed by atoms with Gasteiger partial charge in [-0.15, -0.1) is 5.10 Å². The minimum absolute atomic E-state index is 0.218. The average Bonchev–Trinajstić information content (AvgIpc) is 3.31. The van der Waals surface area contributed by atoms with Gasteiger partial charge in [-0.2, -0.15) is 0 Å². The fourth-order valence-electron chi connectivity index (χ4n) is 3.27. The number of rotatable bonds is 9. The molecule has 0 fully saturated rings. The van der Waals surface area contributed by atoms with E-state index in [-0.39, 0.29) is 12.5 Å². The SMILES string of the molecule is COc1cc(Cn2cc(CNC(=O)c3cccnc3Nc3ccc(Cl)cc3)nn2)cc(OC)c1. The summed E-state index contributed by atoms with van der Waals surface area (Å²) in [5.41, 5.74) is 2.76. The van der Waals surface area contributed by atoms with Gasteiger partial charge in [0.15, 0.2) is 0 Å². The van der Waals surface area contributed by atoms with Gasteiger partial charge in [0.05, 0.1) is 39.1 Å². The monoisotopic (exact) mass is 478 g/mol. The first-order chi connectivity index (χ1) is 16.5. The number of nitrogens with zero attached hydrogens (tertiary/aromatic N) is 4. The Kier molecular flexibility index (Phi) is 7.24. The van der Waals surface area contributed by atoms with Crippen LogP contribution in [0, 0.1) is 0 Å². The fourth-order valence-corrected chi connectivity index (χ4v) is 3.39. The van der Waals surface area contributed by atoms with E-state index in [9.17, 15) is 4.79 Å². The molecular weight excluding hydrogens is 456 g/mol. The predicted molar refractivity (Wildman–Crippen MR) is 129 cm³/mol. The lowest BCUT2D eigenvalue weighted by atomic mass is 10.2. The highest BCUT2D eigenvalue weighted by Gasteiger charge is 2.13. The molecule has 1 amide bonds. The summed E-state index contributed by atoms with van der Waals surface area (Å²) in [6.45, 7) is 0.696. The molecule has 4 rings (SSSR count). The number of halogens is 1. The second-order valence-corrected chi connectivity index (χ2v) is 7.78. The van der Waals surface area contributed by atoms with Gasteiger partial charge < -0.3 is 20.1 Å². The number of hydrogen-bond donors (Lipinski definition) is 2. The molecule has 2 aromatic heterocycles. The maximum absolute atomic E-state index is 12.8. The van der Waals surface area contributed by atoms with Crippen molar-refractivity contribution in [2.45, 2.75) is 13.1 Å². The molecule has 0 aliphatic rings. The van der Waals surface area contributed by atoms with Gasteiger partial charge in [0.1, 0.15) is 23.0 Å². The van der Waals surface area contributed by atoms with Gasteiger partial charge in [-0.3, -0.25) is 4.79 Å². The van der Waals surface area contributed by atoms with Gasteiger partial charge in [0, 0.05) is 23.0 Å². The summed E-state index contributed by atoms with van der Waals surface area (Å²) < 4.78 is 12.3. The summed E-state index contributed by atoms with van der Waals surface area (Å²) >= 11 is 5.94. The number of amides is 1. The second-order valence-electron chi connectivity index (χ2n) is 7.34. The van der Waals surface area contributed by atoms with Crippen molar-refractivity contribution >= 4 is 29.0 Å². The summed E-state index contributed by atoms with van der Waals surface area (Å²) in [5, 5.41) is 14.9. The molecule has 34 heavy (non-hydrogen) atoms. The zero-order valence-electron chi connectivity index (χ0n) is 18.7. The van der Waals surface area contributed by atoms with E-state index in [4.69, 9.17) is 21.1 Å². The summed E-state index contributed by atoms with van der Waals surface area (Å²) in [6.07, 6.45) is 3.40. The van der Waals surface area contributed by atoms with Gasteiger partial charge in [0.25, 0.3) is 5.91 Å². The Hall–Kier alpha value is -4.11. The van der Waals surface area contributed by atoms with E-state index >= 15 is 0 Å². The lowest BCUT2D eigenvalue weighted by Crippen LogP contribution is -2.24. The van der Waals surface area contributed by atoms with Crippen LogP contribution in [-0.4, -0.2) is 40.1 Å². The zero-order chi connectivity index (χ0) is 23.9. The van der Waals surface area contributed by atoms with Crippen LogP contribution in [0.4, 0.5) is 11.5 Å². The number of nitrogens with one attached hydrogen (secondary N) is 2. The molecular formula is C24H23ClN6O3. The molecule has 9 nitrogen and oxygen atoms in total. The normalized spacial score (nSPS) is 10.6. The predicted octanol–water partition coefficient (Wildman–Crippen LogP) is 4.07. The van der Waals surface area contributed by atoms with Crippen molar-refractivity contribution in [2.24, 2.45) is 0 Å². The summed E-state index contributed by atoms with van der Waals surface area (Å²) in [7, 11) is 3.21. The van der Waals surface area contributed by atoms with Crippen LogP contribution < -0.4 is 20.1 Å². The molecule has 0 aliphatic carbocycles. The van der Waals surface area contributed by atoms with Crippen molar-refractivity contribution < 1.29 is 14.3 Å². The average molecular weight is 479 g/mol. The number of pyridine rings is 1. The highest BCUT2D eigenvalue weighted by molar-refractivity contribution is 6.30. The number of aromatic nitrogens is 4. The first-order valence-electron chi connectivity index (χ1n) is 10.4. The van der Waals surface area contributed by atoms with Gasteiger partial charge in [-0.1, -0.05) is 16.8 Å². The van der Waals surface area contributed by atoms with Crippen LogP contribution in [0.15, 0.2) is 67.0 Å². The molecule has 0 saturated heterocycles. The van der Waals surface area contributed by atoms with Crippen molar-refractivity contribution in [3.8, 4) is 11.5 Å². The van der Waals surface area contributed by atoms with Crippen molar-refractivity contribution in [2.75, 3.05) is 19.5 Å². The maximum Gasteiger partial charge on any atom is 0.255 e. The Morgan fingerprint density at radius 1 is 1.06 bits per heavy atom. The molecule has 0 atom stereocenters. The minimum Gasteiger partial charge on any atom is -0.497 e. The molecule has 0 aliphatic heterocycles. The standard InChI is InChI=1S/C24H23ClN6O3/c1-33-20-10-16(11-21(12-20)34-2)14-31-15-19(29-30-31)13-27-24(32)22-4-3-9-26-23(22)28-18-7-5-17(25)6-8-18/h3-12,15H,13-14H2,1-2H3,(H,26,28)(H,27,32). The van der Waals surface area contributed by atoms with Crippen LogP contribution in [0.3, 0.4) is 0 Å². The molecule has 0 saturated carbocycles. The third-order valence-corrected chi connectivity index (χ3v) is 5.18. The molecule has 0 spiro atoms. The lowest BCUT2D eigenvalue weighted by Gasteiger charge is -2.11. The molecule has 2 heterocycles. The zero-order valence-corrected chi connectivity index (χ0v) is 19.4. The van der Waals surface area contributed by atoms with Gasteiger partial charge >= 0.3 is 0 Å². The topological polar surface area (TPSA) is 103 Å². The Morgan fingerprint density at radius 2 is 1.79 bits per heavy atom. The van der Waals surface area contributed by atoms with E-state index in [0.717, 1.165) is 11.3 Å². The van der Waals surface area contributed by atoms with E-state index in [0.29, 0.717) is 40.1 Å². The first kappa shape index (κ1) is 23.1. The van der Waals surface area contributed by atoms with Gasteiger partial charge in [0.2, 0.25) is 0 Å². The lowest BCUT2D eigenvalue weighted by molar-refractivity contribution is 0.0951. The third-order valence-electron chi connectivity index (χ3n) is 4.93. The Morgan fingerprint density at radius 3 is 2.50 bits per heavy atom. The molecule has 0 bridgehead atoms. The molecule has 0 radical (unpaired) electrons. The highest BCUT2D eigenvalue weighted by Crippen LogP contribution is 2.23. The Labute approximate surface area is 201 Å². The van der Waals surface area contributed by atoms with Crippen LogP contribution in [0.2, 0.25) is 5.02 Å². The van der Waals surface area contributed by atoms with E-state index in [1.54, 1.807) is 61.6 Å². The summed E-state index contributed by atoms with van der Waals surface area (Å²) in [6, 6.07) is 16.2. The largest absolute Gasteiger partial charge is 0.497 e. The summed E-state index contributed by atoms with van der Waals surface area (Å²) in [4.78, 5) is 17.1. The number of benzene rings is 2. The van der Waals surface area contributed by atoms with E-state index in [2.05, 4.69) is 25.9 Å². The third kappa shape index (κ3) is 5.81. The smallest absolute Gasteiger partial charge is 0.255 e. The van der Waals surface area contributed by atoms with Crippen LogP contribution in [0.5, 0.6) is 11.5 Å². The molecule has 2 aromatic carbocycles. The van der Waals surface area contributed by atoms with Crippen molar-refractivity contribution in [3.05, 3.63) is 88.8 Å². The fraction of sp³-hybridized carbons (Fsp3) is 0.167. The Balaban J connectivity index is 1.40. The molecule has 4 aromatic rings. The van der Waals surface area contributed by atoms with Crippen LogP contribution >= 0.6 is 11.6 Å². The molecule has 2 N–H and O–H groups in total. The maximum atomic E-state index is 12.8. The van der Waals surface area contributed by atoms with Crippen LogP contribution in [0.1, 0.15) is 21.6 Å². The van der Waals surface area contributed by atoms with Crippen LogP contribution in [0.25, 0.3) is 0 Å². The number of anilines is 2. The summed E-state index contributed by atoms with van der Waals surface area (Å²) in [5.74, 6) is 1.55. The number of carbonyl (C=O) groups excluding carboxylic acids is 1. The molecule has 174 valence electrons. The second kappa shape index (κ2) is 10.7. The number of ether oxygens (including phenoxy) is 2. The molecule has 10 heteroatoms. The highest BCUT2D eigenvalue weighted by atomic mass is 35.5. The van der Waals surface area contributed by atoms with E-state index in [1.807, 2.05) is 24.3 Å². The van der Waals surface area contributed by atoms with E-state index in [1.165, 1.54) is 0 Å². The van der Waals surface area contributed by atoms with Crippen LogP contribution in [-0.2, 0) is 13.1 Å². The number of carbonyl (C=O) groups is 1. The van der Waals surface area contributed by atoms with E-state index < -0.39 is 0 Å².